The van der Waals surface area contributed by atoms with Gasteiger partial charge in [0.2, 0.25) is 0 Å². The van der Waals surface area contributed by atoms with E-state index >= 15 is 0 Å². The summed E-state index contributed by atoms with van der Waals surface area (Å²) >= 11 is 7.42. The third kappa shape index (κ3) is 4.67. The number of hydrogen-bond acceptors (Lipinski definition) is 7. The number of anilines is 1. The average Bonchev–Trinajstić information content (AvgIpc) is 3.48. The van der Waals surface area contributed by atoms with Gasteiger partial charge in [0.05, 0.1) is 21.2 Å². The first kappa shape index (κ1) is 21.2. The van der Waals surface area contributed by atoms with E-state index in [-0.39, 0.29) is 16.4 Å². The highest BCUT2D eigenvalue weighted by atomic mass is 35.5. The van der Waals surface area contributed by atoms with E-state index in [0.29, 0.717) is 11.5 Å². The number of hydrogen-bond donors (Lipinski definition) is 1. The molecule has 2 aromatic heterocycles. The van der Waals surface area contributed by atoms with E-state index in [9.17, 15) is 9.59 Å². The Kier molecular flexibility index (Phi) is 6.26. The van der Waals surface area contributed by atoms with E-state index < -0.39 is 18.5 Å². The molecule has 0 radical (unpaired) electrons. The van der Waals surface area contributed by atoms with Gasteiger partial charge in [0, 0.05) is 5.69 Å². The van der Waals surface area contributed by atoms with Gasteiger partial charge >= 0.3 is 5.97 Å². The Morgan fingerprint density at radius 3 is 2.66 bits per heavy atom. The second kappa shape index (κ2) is 9.43. The van der Waals surface area contributed by atoms with Crippen LogP contribution < -0.4 is 5.32 Å². The smallest absolute Gasteiger partial charge is 0.378 e. The largest absolute Gasteiger partial charge is 0.450 e. The molecule has 8 nitrogen and oxygen atoms in total. The maximum absolute atomic E-state index is 12.5. The molecule has 2 aromatic carbocycles. The van der Waals surface area contributed by atoms with Crippen LogP contribution >= 0.6 is 22.9 Å². The van der Waals surface area contributed by atoms with Crippen LogP contribution in [0.15, 0.2) is 66.0 Å². The van der Waals surface area contributed by atoms with Crippen molar-refractivity contribution >= 4 is 40.5 Å². The summed E-state index contributed by atoms with van der Waals surface area (Å²) in [5.41, 5.74) is 1.40. The fraction of sp³-hybridized carbons (Fsp3) is 0.0455. The van der Waals surface area contributed by atoms with Crippen LogP contribution in [0.2, 0.25) is 5.02 Å². The summed E-state index contributed by atoms with van der Waals surface area (Å²) in [5.74, 6) is -1.06. The van der Waals surface area contributed by atoms with E-state index in [1.807, 2.05) is 53.9 Å². The molecule has 32 heavy (non-hydrogen) atoms. The number of nitrogens with one attached hydrogen (secondary N) is 1. The number of esters is 1. The minimum Gasteiger partial charge on any atom is -0.450 e. The number of amides is 1. The van der Waals surface area contributed by atoms with Crippen LogP contribution in [0.5, 0.6) is 0 Å². The third-order valence-electron chi connectivity index (χ3n) is 4.24. The number of thiophene rings is 1. The number of nitriles is 1. The monoisotopic (exact) mass is 463 g/mol. The van der Waals surface area contributed by atoms with Gasteiger partial charge in [0.25, 0.3) is 11.7 Å². The van der Waals surface area contributed by atoms with Gasteiger partial charge < -0.3 is 10.1 Å². The van der Waals surface area contributed by atoms with Crippen molar-refractivity contribution in [1.82, 2.24) is 14.8 Å². The van der Waals surface area contributed by atoms with Crippen molar-refractivity contribution in [1.29, 1.82) is 5.26 Å². The molecule has 4 rings (SSSR count). The van der Waals surface area contributed by atoms with Crippen LogP contribution in [0.4, 0.5) is 5.69 Å². The lowest BCUT2D eigenvalue weighted by molar-refractivity contribution is -0.119. The Balaban J connectivity index is 1.47. The summed E-state index contributed by atoms with van der Waals surface area (Å²) in [6.45, 7) is -0.537. The van der Waals surface area contributed by atoms with Crippen molar-refractivity contribution in [3.63, 3.8) is 0 Å². The lowest BCUT2D eigenvalue weighted by Crippen LogP contribution is -2.21. The number of carbonyl (C=O) groups is 2. The normalized spacial score (nSPS) is 10.4. The molecule has 4 aromatic rings. The molecule has 0 aliphatic rings. The molecule has 0 unspecified atom stereocenters. The molecular weight excluding hydrogens is 450 g/mol. The summed E-state index contributed by atoms with van der Waals surface area (Å²) in [7, 11) is 0. The number of ether oxygens (including phenoxy) is 1. The molecule has 10 heteroatoms. The molecule has 1 N–H and O–H groups in total. The van der Waals surface area contributed by atoms with Crippen molar-refractivity contribution in [2.75, 3.05) is 11.9 Å². The SMILES string of the molecule is N#Cc1ccc(NC(=O)COC(=O)c2nc(-c3cccs3)n(-c3ccccc3)n2)cc1Cl. The lowest BCUT2D eigenvalue weighted by atomic mass is 10.2. The zero-order valence-corrected chi connectivity index (χ0v) is 17.9. The second-order valence-corrected chi connectivity index (χ2v) is 7.77. The number of para-hydroxylation sites is 1. The number of rotatable bonds is 6. The summed E-state index contributed by atoms with van der Waals surface area (Å²) < 4.78 is 6.64. The Morgan fingerprint density at radius 1 is 1.16 bits per heavy atom. The zero-order chi connectivity index (χ0) is 22.5. The molecule has 0 saturated carbocycles. The second-order valence-electron chi connectivity index (χ2n) is 6.41. The van der Waals surface area contributed by atoms with Crippen LogP contribution in [-0.2, 0) is 9.53 Å². The average molecular weight is 464 g/mol. The van der Waals surface area contributed by atoms with Crippen molar-refractivity contribution in [2.24, 2.45) is 0 Å². The van der Waals surface area contributed by atoms with Crippen molar-refractivity contribution in [3.05, 3.63) is 82.5 Å². The van der Waals surface area contributed by atoms with E-state index in [1.165, 1.54) is 29.5 Å². The van der Waals surface area contributed by atoms with E-state index in [1.54, 1.807) is 4.68 Å². The van der Waals surface area contributed by atoms with E-state index in [2.05, 4.69) is 15.4 Å². The molecule has 0 spiro atoms. The van der Waals surface area contributed by atoms with Crippen molar-refractivity contribution < 1.29 is 14.3 Å². The summed E-state index contributed by atoms with van der Waals surface area (Å²) in [5, 5.41) is 17.9. The van der Waals surface area contributed by atoms with Crippen LogP contribution in [0.3, 0.4) is 0 Å². The highest BCUT2D eigenvalue weighted by Crippen LogP contribution is 2.25. The summed E-state index contributed by atoms with van der Waals surface area (Å²) in [6.07, 6.45) is 0. The predicted octanol–water partition coefficient (Wildman–Crippen LogP) is 4.32. The molecule has 0 bridgehead atoms. The first-order valence-electron chi connectivity index (χ1n) is 9.28. The molecule has 0 atom stereocenters. The predicted molar refractivity (Wildman–Crippen MR) is 120 cm³/mol. The van der Waals surface area contributed by atoms with Crippen LogP contribution in [0.25, 0.3) is 16.4 Å². The quantitative estimate of drug-likeness (QED) is 0.426. The van der Waals surface area contributed by atoms with Gasteiger partial charge in [-0.05, 0) is 41.8 Å². The summed E-state index contributed by atoms with van der Waals surface area (Å²) in [6, 6.07) is 19.4. The number of aromatic nitrogens is 3. The highest BCUT2D eigenvalue weighted by molar-refractivity contribution is 7.13. The van der Waals surface area contributed by atoms with Gasteiger partial charge in [0.15, 0.2) is 12.4 Å². The van der Waals surface area contributed by atoms with Crippen molar-refractivity contribution in [3.8, 4) is 22.5 Å². The molecule has 0 aliphatic heterocycles. The third-order valence-corrected chi connectivity index (χ3v) is 5.42. The molecule has 0 saturated heterocycles. The van der Waals surface area contributed by atoms with Gasteiger partial charge in [-0.25, -0.2) is 9.48 Å². The molecule has 1 amide bonds. The fourth-order valence-corrected chi connectivity index (χ4v) is 3.71. The van der Waals surface area contributed by atoms with Crippen LogP contribution in [0.1, 0.15) is 16.2 Å². The maximum Gasteiger partial charge on any atom is 0.378 e. The van der Waals surface area contributed by atoms with Gasteiger partial charge in [-0.1, -0.05) is 35.9 Å². The Labute approximate surface area is 191 Å². The van der Waals surface area contributed by atoms with Gasteiger partial charge in [-0.3, -0.25) is 4.79 Å². The molecule has 158 valence electrons. The van der Waals surface area contributed by atoms with Gasteiger partial charge in [-0.2, -0.15) is 10.2 Å². The van der Waals surface area contributed by atoms with E-state index in [4.69, 9.17) is 21.6 Å². The molecule has 0 aliphatic carbocycles. The van der Waals surface area contributed by atoms with Crippen LogP contribution in [0, 0.1) is 11.3 Å². The fourth-order valence-electron chi connectivity index (χ4n) is 2.79. The highest BCUT2D eigenvalue weighted by Gasteiger charge is 2.21. The van der Waals surface area contributed by atoms with E-state index in [0.717, 1.165) is 10.6 Å². The standard InChI is InChI=1S/C22H14ClN5O3S/c23-17-11-15(9-8-14(17)12-24)25-19(29)13-31-22(30)20-26-21(18-7-4-10-32-18)28(27-20)16-5-2-1-3-6-16/h1-11H,13H2,(H,25,29). The minimum absolute atomic E-state index is 0.161. The van der Waals surface area contributed by atoms with Crippen LogP contribution in [-0.4, -0.2) is 33.2 Å². The minimum atomic E-state index is -0.828. The number of carbonyl (C=O) groups excluding carboxylic acids is 2. The topological polar surface area (TPSA) is 110 Å². The first-order chi connectivity index (χ1) is 15.5. The number of nitrogens with zero attached hydrogens (tertiary/aromatic N) is 4. The summed E-state index contributed by atoms with van der Waals surface area (Å²) in [4.78, 5) is 29.8. The Bertz CT molecular complexity index is 1310. The Morgan fingerprint density at radius 2 is 1.97 bits per heavy atom. The molecular formula is C22H14ClN5O3S. The molecule has 2 heterocycles. The number of halogens is 1. The zero-order valence-electron chi connectivity index (χ0n) is 16.4. The Hall–Kier alpha value is -4.00. The first-order valence-corrected chi connectivity index (χ1v) is 10.5. The molecule has 0 fully saturated rings. The van der Waals surface area contributed by atoms with Gasteiger partial charge in [-0.15, -0.1) is 16.4 Å². The van der Waals surface area contributed by atoms with Gasteiger partial charge in [0.1, 0.15) is 6.07 Å². The number of benzene rings is 2. The maximum atomic E-state index is 12.5. The lowest BCUT2D eigenvalue weighted by Gasteiger charge is -2.06. The van der Waals surface area contributed by atoms with Crippen molar-refractivity contribution in [2.45, 2.75) is 0 Å².